The van der Waals surface area contributed by atoms with E-state index in [4.69, 9.17) is 0 Å². The van der Waals surface area contributed by atoms with Crippen LogP contribution in [0.4, 0.5) is 4.79 Å². The molecular weight excluding hydrogens is 294 g/mol. The lowest BCUT2D eigenvalue weighted by Gasteiger charge is -2.17. The molecular formula is C16H15N5O2. The van der Waals surface area contributed by atoms with Crippen LogP contribution in [-0.2, 0) is 13.1 Å². The van der Waals surface area contributed by atoms with Crippen molar-refractivity contribution in [2.45, 2.75) is 13.1 Å². The number of amides is 1. The van der Waals surface area contributed by atoms with E-state index in [1.165, 1.54) is 4.90 Å². The Morgan fingerprint density at radius 2 is 1.87 bits per heavy atom. The van der Waals surface area contributed by atoms with Gasteiger partial charge in [0.15, 0.2) is 5.82 Å². The fraction of sp³-hybridized carbons (Fsp3) is 0.125. The van der Waals surface area contributed by atoms with Gasteiger partial charge in [0.25, 0.3) is 0 Å². The van der Waals surface area contributed by atoms with Gasteiger partial charge in [-0.3, -0.25) is 15.0 Å². The maximum Gasteiger partial charge on any atom is 0.408 e. The molecule has 0 aliphatic heterocycles. The minimum atomic E-state index is -1.01. The molecule has 0 fully saturated rings. The minimum absolute atomic E-state index is 0.129. The summed E-state index contributed by atoms with van der Waals surface area (Å²) in [5, 5.41) is 16.2. The molecule has 0 radical (unpaired) electrons. The first kappa shape index (κ1) is 14.7. The molecule has 0 saturated carbocycles. The third-order valence-electron chi connectivity index (χ3n) is 3.25. The molecule has 0 bridgehead atoms. The van der Waals surface area contributed by atoms with Gasteiger partial charge in [0.2, 0.25) is 0 Å². The van der Waals surface area contributed by atoms with Crippen molar-refractivity contribution in [2.24, 2.45) is 0 Å². The molecule has 116 valence electrons. The van der Waals surface area contributed by atoms with Crippen LogP contribution in [0, 0.1) is 0 Å². The number of aromatic nitrogens is 4. The minimum Gasteiger partial charge on any atom is -0.465 e. The van der Waals surface area contributed by atoms with Crippen LogP contribution in [0.15, 0.2) is 54.7 Å². The highest BCUT2D eigenvalue weighted by atomic mass is 16.4. The van der Waals surface area contributed by atoms with Gasteiger partial charge in [0, 0.05) is 12.7 Å². The number of H-pyrrole nitrogens is 1. The van der Waals surface area contributed by atoms with Gasteiger partial charge in [0.1, 0.15) is 11.5 Å². The molecule has 0 atom stereocenters. The van der Waals surface area contributed by atoms with Crippen LogP contribution in [0.5, 0.6) is 0 Å². The Bertz CT molecular complexity index is 773. The Morgan fingerprint density at radius 1 is 1.09 bits per heavy atom. The summed E-state index contributed by atoms with van der Waals surface area (Å²) in [4.78, 5) is 21.2. The van der Waals surface area contributed by atoms with Crippen LogP contribution in [0.3, 0.4) is 0 Å². The Morgan fingerprint density at radius 3 is 2.57 bits per heavy atom. The Hall–Kier alpha value is -3.22. The summed E-state index contributed by atoms with van der Waals surface area (Å²) < 4.78 is 0. The number of carbonyl (C=O) groups is 1. The van der Waals surface area contributed by atoms with E-state index in [1.54, 1.807) is 12.3 Å². The van der Waals surface area contributed by atoms with Crippen LogP contribution in [-0.4, -0.2) is 36.3 Å². The van der Waals surface area contributed by atoms with Crippen LogP contribution >= 0.6 is 0 Å². The molecule has 23 heavy (non-hydrogen) atoms. The maximum absolute atomic E-state index is 11.4. The molecule has 0 aliphatic carbocycles. The normalized spacial score (nSPS) is 10.4. The summed E-state index contributed by atoms with van der Waals surface area (Å²) in [5.74, 6) is 0.926. The van der Waals surface area contributed by atoms with Crippen molar-refractivity contribution >= 4 is 6.09 Å². The van der Waals surface area contributed by atoms with Gasteiger partial charge in [-0.05, 0) is 17.7 Å². The van der Waals surface area contributed by atoms with Crippen LogP contribution in [0.1, 0.15) is 11.4 Å². The number of rotatable bonds is 5. The lowest BCUT2D eigenvalue weighted by molar-refractivity contribution is 0.138. The molecule has 7 heteroatoms. The maximum atomic E-state index is 11.4. The van der Waals surface area contributed by atoms with Gasteiger partial charge >= 0.3 is 6.09 Å². The molecule has 3 aromatic rings. The molecule has 1 amide bonds. The number of pyridine rings is 1. The average molecular weight is 309 g/mol. The molecule has 2 N–H and O–H groups in total. The number of hydrogen-bond acceptors (Lipinski definition) is 4. The molecule has 1 aromatic carbocycles. The second-order valence-electron chi connectivity index (χ2n) is 4.94. The van der Waals surface area contributed by atoms with E-state index in [9.17, 15) is 9.90 Å². The number of aromatic amines is 1. The van der Waals surface area contributed by atoms with Gasteiger partial charge in [-0.15, -0.1) is 0 Å². The molecule has 2 heterocycles. The lowest BCUT2D eigenvalue weighted by Crippen LogP contribution is -2.28. The third kappa shape index (κ3) is 3.70. The van der Waals surface area contributed by atoms with Crippen molar-refractivity contribution < 1.29 is 9.90 Å². The fourth-order valence-corrected chi connectivity index (χ4v) is 2.15. The zero-order chi connectivity index (χ0) is 16.1. The van der Waals surface area contributed by atoms with Crippen molar-refractivity contribution in [3.63, 3.8) is 0 Å². The third-order valence-corrected chi connectivity index (χ3v) is 3.25. The SMILES string of the molecule is O=C(O)N(Cc1ccccc1)Cc1nc(-c2ccccn2)n[nH]1. The summed E-state index contributed by atoms with van der Waals surface area (Å²) in [7, 11) is 0. The second kappa shape index (κ2) is 6.69. The van der Waals surface area contributed by atoms with E-state index in [0.29, 0.717) is 17.3 Å². The first-order chi connectivity index (χ1) is 11.2. The van der Waals surface area contributed by atoms with Gasteiger partial charge in [-0.25, -0.2) is 9.78 Å². The largest absolute Gasteiger partial charge is 0.465 e. The number of nitrogens with one attached hydrogen (secondary N) is 1. The van der Waals surface area contributed by atoms with E-state index in [0.717, 1.165) is 5.56 Å². The summed E-state index contributed by atoms with van der Waals surface area (Å²) in [6.07, 6.45) is 0.647. The summed E-state index contributed by atoms with van der Waals surface area (Å²) in [6.45, 7) is 0.417. The molecule has 2 aromatic heterocycles. The van der Waals surface area contributed by atoms with Crippen molar-refractivity contribution in [3.05, 3.63) is 66.1 Å². The quantitative estimate of drug-likeness (QED) is 0.755. The Labute approximate surface area is 132 Å². The van der Waals surface area contributed by atoms with Crippen LogP contribution in [0.2, 0.25) is 0 Å². The molecule has 3 rings (SSSR count). The topological polar surface area (TPSA) is 95.0 Å². The molecule has 0 saturated heterocycles. The molecule has 7 nitrogen and oxygen atoms in total. The summed E-state index contributed by atoms with van der Waals surface area (Å²) in [5.41, 5.74) is 1.55. The smallest absolute Gasteiger partial charge is 0.408 e. The highest BCUT2D eigenvalue weighted by Crippen LogP contribution is 2.12. The molecule has 0 unspecified atom stereocenters. The fourth-order valence-electron chi connectivity index (χ4n) is 2.15. The van der Waals surface area contributed by atoms with Gasteiger partial charge < -0.3 is 5.11 Å². The van der Waals surface area contributed by atoms with Crippen molar-refractivity contribution in [1.29, 1.82) is 0 Å². The number of hydrogen-bond donors (Lipinski definition) is 2. The highest BCUT2D eigenvalue weighted by molar-refractivity contribution is 5.65. The van der Waals surface area contributed by atoms with Crippen molar-refractivity contribution in [3.8, 4) is 11.5 Å². The summed E-state index contributed by atoms with van der Waals surface area (Å²) >= 11 is 0. The number of carboxylic acid groups (broad SMARTS) is 1. The van der Waals surface area contributed by atoms with Crippen LogP contribution < -0.4 is 0 Å². The van der Waals surface area contributed by atoms with Gasteiger partial charge in [-0.1, -0.05) is 36.4 Å². The molecule has 0 spiro atoms. The van der Waals surface area contributed by atoms with Gasteiger partial charge in [-0.2, -0.15) is 5.10 Å². The van der Waals surface area contributed by atoms with Crippen molar-refractivity contribution in [1.82, 2.24) is 25.1 Å². The molecule has 0 aliphatic rings. The lowest BCUT2D eigenvalue weighted by atomic mass is 10.2. The Balaban J connectivity index is 1.74. The van der Waals surface area contributed by atoms with Crippen LogP contribution in [0.25, 0.3) is 11.5 Å². The van der Waals surface area contributed by atoms with Crippen molar-refractivity contribution in [2.75, 3.05) is 0 Å². The number of benzene rings is 1. The van der Waals surface area contributed by atoms with E-state index < -0.39 is 6.09 Å². The average Bonchev–Trinajstić information content (AvgIpc) is 3.04. The summed E-state index contributed by atoms with van der Waals surface area (Å²) in [6, 6.07) is 14.9. The standard InChI is InChI=1S/C16H15N5O2/c22-16(23)21(10-12-6-2-1-3-7-12)11-14-18-15(20-19-14)13-8-4-5-9-17-13/h1-9H,10-11H2,(H,22,23)(H,18,19,20). The van der Waals surface area contributed by atoms with E-state index in [-0.39, 0.29) is 13.1 Å². The first-order valence-corrected chi connectivity index (χ1v) is 7.07. The predicted molar refractivity (Wildman–Crippen MR) is 83.3 cm³/mol. The highest BCUT2D eigenvalue weighted by Gasteiger charge is 2.16. The zero-order valence-corrected chi connectivity index (χ0v) is 12.3. The zero-order valence-electron chi connectivity index (χ0n) is 12.3. The first-order valence-electron chi connectivity index (χ1n) is 7.07. The monoisotopic (exact) mass is 309 g/mol. The van der Waals surface area contributed by atoms with E-state index in [1.807, 2.05) is 42.5 Å². The van der Waals surface area contributed by atoms with Gasteiger partial charge in [0.05, 0.1) is 6.54 Å². The second-order valence-corrected chi connectivity index (χ2v) is 4.94. The number of nitrogens with zero attached hydrogens (tertiary/aromatic N) is 4. The van der Waals surface area contributed by atoms with E-state index >= 15 is 0 Å². The van der Waals surface area contributed by atoms with E-state index in [2.05, 4.69) is 20.2 Å². The Kier molecular flexibility index (Phi) is 4.28. The predicted octanol–water partition coefficient (Wildman–Crippen LogP) is 2.55.